The number of hydrogen-bond acceptors (Lipinski definition) is 6. The van der Waals surface area contributed by atoms with Crippen LogP contribution in [0.1, 0.15) is 22.0 Å². The first-order valence-electron chi connectivity index (χ1n) is 8.98. The van der Waals surface area contributed by atoms with Crippen molar-refractivity contribution in [1.82, 2.24) is 4.90 Å². The lowest BCUT2D eigenvalue weighted by Gasteiger charge is -2.30. The van der Waals surface area contributed by atoms with Crippen LogP contribution in [-0.2, 0) is 14.3 Å². The molecular weight excluding hydrogens is 378 g/mol. The highest BCUT2D eigenvalue weighted by Crippen LogP contribution is 2.29. The number of rotatable bonds is 6. The Balaban J connectivity index is 1.87. The van der Waals surface area contributed by atoms with Crippen LogP contribution in [0, 0.1) is 0 Å². The van der Waals surface area contributed by atoms with E-state index in [-0.39, 0.29) is 11.5 Å². The van der Waals surface area contributed by atoms with Crippen LogP contribution in [0.15, 0.2) is 53.4 Å². The van der Waals surface area contributed by atoms with E-state index >= 15 is 0 Å². The number of methoxy groups -OCH3 is 1. The number of nitrogens with zero attached hydrogens (tertiary/aromatic N) is 1. The van der Waals surface area contributed by atoms with Crippen molar-refractivity contribution in [2.75, 3.05) is 39.7 Å². The molecule has 0 saturated carbocycles. The lowest BCUT2D eigenvalue weighted by atomic mass is 10.1. The van der Waals surface area contributed by atoms with Gasteiger partial charge in [-0.1, -0.05) is 30.3 Å². The van der Waals surface area contributed by atoms with Crippen molar-refractivity contribution in [2.24, 2.45) is 0 Å². The maximum absolute atomic E-state index is 13.1. The maximum atomic E-state index is 13.1. The summed E-state index contributed by atoms with van der Waals surface area (Å²) in [6.07, 6.45) is 0.927. The zero-order valence-electron chi connectivity index (χ0n) is 15.9. The number of carbonyl (C=O) groups is 2. The molecule has 3 rings (SSSR count). The summed E-state index contributed by atoms with van der Waals surface area (Å²) in [5.74, 6) is -0.426. The van der Waals surface area contributed by atoms with Gasteiger partial charge in [0.05, 0.1) is 20.3 Å². The minimum atomic E-state index is -1.02. The Labute approximate surface area is 168 Å². The molecule has 28 heavy (non-hydrogen) atoms. The number of esters is 1. The number of morpholine rings is 1. The van der Waals surface area contributed by atoms with Gasteiger partial charge in [0.25, 0.3) is 5.91 Å². The zero-order chi connectivity index (χ0) is 19.9. The van der Waals surface area contributed by atoms with E-state index < -0.39 is 12.1 Å². The van der Waals surface area contributed by atoms with E-state index in [0.717, 1.165) is 4.90 Å². The predicted octanol–water partition coefficient (Wildman–Crippen LogP) is 3.17. The Kier molecular flexibility index (Phi) is 6.95. The minimum absolute atomic E-state index is 0.248. The molecule has 6 nitrogen and oxygen atoms in total. The van der Waals surface area contributed by atoms with Gasteiger partial charge in [-0.15, -0.1) is 11.8 Å². The first-order chi connectivity index (χ1) is 13.6. The minimum Gasteiger partial charge on any atom is -0.496 e. The number of carbonyl (C=O) groups excluding carboxylic acids is 2. The second-order valence-electron chi connectivity index (χ2n) is 6.20. The molecule has 0 N–H and O–H groups in total. The lowest BCUT2D eigenvalue weighted by molar-refractivity contribution is -0.145. The van der Waals surface area contributed by atoms with Gasteiger partial charge >= 0.3 is 5.97 Å². The lowest BCUT2D eigenvalue weighted by Crippen LogP contribution is -2.44. The van der Waals surface area contributed by atoms with Gasteiger partial charge in [-0.05, 0) is 24.5 Å². The molecule has 1 aliphatic rings. The predicted molar refractivity (Wildman–Crippen MR) is 107 cm³/mol. The van der Waals surface area contributed by atoms with Gasteiger partial charge in [-0.2, -0.15) is 0 Å². The largest absolute Gasteiger partial charge is 0.496 e. The van der Waals surface area contributed by atoms with Gasteiger partial charge in [0.2, 0.25) is 6.10 Å². The SMILES string of the molecule is COc1cc(SC)ccc1C(=O)O[C@@H](C(=O)N1CCOCC1)c1ccccc1. The van der Waals surface area contributed by atoms with Crippen molar-refractivity contribution in [3.8, 4) is 5.75 Å². The van der Waals surface area contributed by atoms with Gasteiger partial charge in [0.1, 0.15) is 11.3 Å². The molecular formula is C21H23NO5S. The summed E-state index contributed by atoms with van der Waals surface area (Å²) in [7, 11) is 1.50. The Bertz CT molecular complexity index is 821. The molecule has 1 heterocycles. The molecule has 148 valence electrons. The molecule has 0 bridgehead atoms. The van der Waals surface area contributed by atoms with E-state index in [9.17, 15) is 9.59 Å². The quantitative estimate of drug-likeness (QED) is 0.547. The summed E-state index contributed by atoms with van der Waals surface area (Å²) in [5.41, 5.74) is 0.919. The van der Waals surface area contributed by atoms with Crippen LogP contribution in [0.25, 0.3) is 0 Å². The molecule has 1 aliphatic heterocycles. The van der Waals surface area contributed by atoms with E-state index in [0.29, 0.717) is 37.6 Å². The normalized spacial score (nSPS) is 15.0. The Hall–Kier alpha value is -2.51. The number of ether oxygens (including phenoxy) is 3. The van der Waals surface area contributed by atoms with Crippen LogP contribution in [0.5, 0.6) is 5.75 Å². The monoisotopic (exact) mass is 401 g/mol. The van der Waals surface area contributed by atoms with Crippen LogP contribution in [-0.4, -0.2) is 56.4 Å². The summed E-state index contributed by atoms with van der Waals surface area (Å²) < 4.78 is 16.4. The standard InChI is InChI=1S/C21H23NO5S/c1-25-18-14-16(28-2)8-9-17(18)21(24)27-19(15-6-4-3-5-7-15)20(23)22-10-12-26-13-11-22/h3-9,14,19H,10-13H2,1-2H3/t19-/m1/s1. The van der Waals surface area contributed by atoms with Crippen LogP contribution in [0.3, 0.4) is 0 Å². The smallest absolute Gasteiger partial charge is 0.343 e. The third-order valence-corrected chi connectivity index (χ3v) is 5.23. The average molecular weight is 401 g/mol. The highest BCUT2D eigenvalue weighted by molar-refractivity contribution is 7.98. The summed E-state index contributed by atoms with van der Waals surface area (Å²) >= 11 is 1.55. The molecule has 2 aromatic rings. The molecule has 0 spiro atoms. The average Bonchev–Trinajstić information content (AvgIpc) is 2.77. The van der Waals surface area contributed by atoms with Crippen molar-refractivity contribution in [2.45, 2.75) is 11.0 Å². The van der Waals surface area contributed by atoms with E-state index in [2.05, 4.69) is 0 Å². The summed E-state index contributed by atoms with van der Waals surface area (Å²) in [6.45, 7) is 1.91. The summed E-state index contributed by atoms with van der Waals surface area (Å²) in [5, 5.41) is 0. The van der Waals surface area contributed by atoms with Gasteiger partial charge in [0, 0.05) is 23.5 Å². The topological polar surface area (TPSA) is 65.1 Å². The van der Waals surface area contributed by atoms with Crippen molar-refractivity contribution in [3.63, 3.8) is 0 Å². The Morgan fingerprint density at radius 1 is 1.11 bits per heavy atom. The van der Waals surface area contributed by atoms with Crippen molar-refractivity contribution < 1.29 is 23.8 Å². The fraction of sp³-hybridized carbons (Fsp3) is 0.333. The van der Waals surface area contributed by atoms with E-state index in [1.807, 2.05) is 30.5 Å². The number of amides is 1. The Morgan fingerprint density at radius 3 is 2.46 bits per heavy atom. The third-order valence-electron chi connectivity index (χ3n) is 4.50. The van der Waals surface area contributed by atoms with Gasteiger partial charge < -0.3 is 19.1 Å². The molecule has 0 aromatic heterocycles. The second-order valence-corrected chi connectivity index (χ2v) is 7.08. The van der Waals surface area contributed by atoms with E-state index in [1.165, 1.54) is 7.11 Å². The molecule has 1 amide bonds. The van der Waals surface area contributed by atoms with Gasteiger partial charge in [-0.25, -0.2) is 4.79 Å². The fourth-order valence-corrected chi connectivity index (χ4v) is 3.41. The molecule has 7 heteroatoms. The maximum Gasteiger partial charge on any atom is 0.343 e. The van der Waals surface area contributed by atoms with E-state index in [1.54, 1.807) is 40.9 Å². The molecule has 1 fully saturated rings. The number of hydrogen-bond donors (Lipinski definition) is 0. The number of thioether (sulfide) groups is 1. The first-order valence-corrected chi connectivity index (χ1v) is 10.2. The summed E-state index contributed by atoms with van der Waals surface area (Å²) in [4.78, 5) is 28.6. The molecule has 0 radical (unpaired) electrons. The molecule has 2 aromatic carbocycles. The van der Waals surface area contributed by atoms with Crippen molar-refractivity contribution in [3.05, 3.63) is 59.7 Å². The highest BCUT2D eigenvalue weighted by atomic mass is 32.2. The first kappa shape index (κ1) is 20.2. The molecule has 1 saturated heterocycles. The molecule has 0 unspecified atom stereocenters. The number of benzene rings is 2. The highest BCUT2D eigenvalue weighted by Gasteiger charge is 2.31. The molecule has 1 atom stereocenters. The summed E-state index contributed by atoms with van der Waals surface area (Å²) in [6, 6.07) is 14.3. The van der Waals surface area contributed by atoms with Crippen LogP contribution < -0.4 is 4.74 Å². The van der Waals surface area contributed by atoms with Crippen molar-refractivity contribution in [1.29, 1.82) is 0 Å². The van der Waals surface area contributed by atoms with Crippen LogP contribution in [0.2, 0.25) is 0 Å². The zero-order valence-corrected chi connectivity index (χ0v) is 16.7. The second kappa shape index (κ2) is 9.61. The van der Waals surface area contributed by atoms with E-state index in [4.69, 9.17) is 14.2 Å². The molecule has 0 aliphatic carbocycles. The van der Waals surface area contributed by atoms with Crippen LogP contribution in [0.4, 0.5) is 0 Å². The van der Waals surface area contributed by atoms with Crippen molar-refractivity contribution >= 4 is 23.6 Å². The van der Waals surface area contributed by atoms with Gasteiger partial charge in [-0.3, -0.25) is 4.79 Å². The fourth-order valence-electron chi connectivity index (χ4n) is 2.98. The van der Waals surface area contributed by atoms with Crippen LogP contribution >= 0.6 is 11.8 Å². The van der Waals surface area contributed by atoms with Gasteiger partial charge in [0.15, 0.2) is 0 Å². The Morgan fingerprint density at radius 2 is 1.82 bits per heavy atom. The third kappa shape index (κ3) is 4.66.